The van der Waals surface area contributed by atoms with Crippen molar-refractivity contribution in [2.75, 3.05) is 0 Å². The molecule has 0 fully saturated rings. The Hall–Kier alpha value is -4.82. The molecular formula is C38H32N2. The summed E-state index contributed by atoms with van der Waals surface area (Å²) >= 11 is 0. The van der Waals surface area contributed by atoms with Crippen LogP contribution in [-0.4, -0.2) is 9.97 Å². The van der Waals surface area contributed by atoms with Gasteiger partial charge in [0.25, 0.3) is 0 Å². The fourth-order valence-corrected chi connectivity index (χ4v) is 5.38. The van der Waals surface area contributed by atoms with Crippen LogP contribution in [0, 0.1) is 27.7 Å². The first-order valence-electron chi connectivity index (χ1n) is 13.7. The fourth-order valence-electron chi connectivity index (χ4n) is 5.38. The molecule has 0 aliphatic heterocycles. The average Bonchev–Trinajstić information content (AvgIpc) is 2.96. The second kappa shape index (κ2) is 10.7. The molecule has 0 spiro atoms. The third-order valence-corrected chi connectivity index (χ3v) is 7.39. The molecule has 0 N–H and O–H groups in total. The van der Waals surface area contributed by atoms with Crippen molar-refractivity contribution >= 4 is 0 Å². The van der Waals surface area contributed by atoms with Gasteiger partial charge in [-0.25, -0.2) is 0 Å². The van der Waals surface area contributed by atoms with Gasteiger partial charge in [0.1, 0.15) is 0 Å². The van der Waals surface area contributed by atoms with Gasteiger partial charge in [-0.2, -0.15) is 0 Å². The summed E-state index contributed by atoms with van der Waals surface area (Å²) in [6, 6.07) is 39.0. The number of pyridine rings is 2. The minimum Gasteiger partial charge on any atom is -0.254 e. The Morgan fingerprint density at radius 2 is 0.650 bits per heavy atom. The zero-order chi connectivity index (χ0) is 27.6. The first-order chi connectivity index (χ1) is 19.4. The SMILES string of the molecule is Cc1cccc(-c2cnc(-c3cc(-c4cccc(C)c4)c(-c4cccc(C)c4)cn3)cc2-c2cccc(C)c2)c1. The number of nitrogens with zero attached hydrogens (tertiary/aromatic N) is 2. The van der Waals surface area contributed by atoms with Gasteiger partial charge in [-0.1, -0.05) is 119 Å². The maximum Gasteiger partial charge on any atom is 0.0893 e. The molecule has 194 valence electrons. The molecule has 6 aromatic rings. The smallest absolute Gasteiger partial charge is 0.0893 e. The van der Waals surface area contributed by atoms with E-state index in [2.05, 4.69) is 137 Å². The van der Waals surface area contributed by atoms with Gasteiger partial charge in [-0.3, -0.25) is 9.97 Å². The number of rotatable bonds is 5. The molecule has 0 unspecified atom stereocenters. The van der Waals surface area contributed by atoms with E-state index >= 15 is 0 Å². The summed E-state index contributed by atoms with van der Waals surface area (Å²) < 4.78 is 0. The molecule has 0 amide bonds. The van der Waals surface area contributed by atoms with Crippen molar-refractivity contribution in [1.82, 2.24) is 9.97 Å². The molecule has 2 aromatic heterocycles. The molecule has 0 atom stereocenters. The summed E-state index contributed by atoms with van der Waals surface area (Å²) in [5.74, 6) is 0. The molecule has 2 heteroatoms. The molecule has 0 aliphatic rings. The van der Waals surface area contributed by atoms with Gasteiger partial charge in [0, 0.05) is 23.5 Å². The van der Waals surface area contributed by atoms with Crippen molar-refractivity contribution in [3.05, 3.63) is 144 Å². The summed E-state index contributed by atoms with van der Waals surface area (Å²) in [4.78, 5) is 9.94. The van der Waals surface area contributed by atoms with E-state index in [1.165, 1.54) is 44.5 Å². The standard InChI is InChI=1S/C38H32N2/c1-25-9-5-13-29(17-25)33-21-37(39-23-35(33)31-15-7-11-27(3)19-31)38-22-34(30-14-6-10-26(2)18-30)36(24-40-38)32-16-8-12-28(4)20-32/h5-24H,1-4H3. The molecule has 2 heterocycles. The summed E-state index contributed by atoms with van der Waals surface area (Å²) in [5.41, 5.74) is 15.9. The minimum atomic E-state index is 0.859. The van der Waals surface area contributed by atoms with Gasteiger partial charge < -0.3 is 0 Å². The van der Waals surface area contributed by atoms with Crippen LogP contribution in [0.15, 0.2) is 122 Å². The second-order valence-corrected chi connectivity index (χ2v) is 10.7. The summed E-state index contributed by atoms with van der Waals surface area (Å²) in [5, 5.41) is 0. The van der Waals surface area contributed by atoms with E-state index in [9.17, 15) is 0 Å². The van der Waals surface area contributed by atoms with Crippen molar-refractivity contribution in [3.63, 3.8) is 0 Å². The lowest BCUT2D eigenvalue weighted by molar-refractivity contribution is 1.25. The summed E-state index contributed by atoms with van der Waals surface area (Å²) in [6.45, 7) is 8.53. The fraction of sp³-hybridized carbons (Fsp3) is 0.105. The second-order valence-electron chi connectivity index (χ2n) is 10.7. The molecule has 0 saturated carbocycles. The third kappa shape index (κ3) is 5.21. The van der Waals surface area contributed by atoms with Gasteiger partial charge >= 0.3 is 0 Å². The summed E-state index contributed by atoms with van der Waals surface area (Å²) in [6.07, 6.45) is 4.01. The highest BCUT2D eigenvalue weighted by atomic mass is 14.8. The van der Waals surface area contributed by atoms with Gasteiger partial charge in [0.15, 0.2) is 0 Å². The lowest BCUT2D eigenvalue weighted by atomic mass is 9.92. The highest BCUT2D eigenvalue weighted by Crippen LogP contribution is 2.38. The zero-order valence-corrected chi connectivity index (χ0v) is 23.4. The van der Waals surface area contributed by atoms with E-state index in [0.717, 1.165) is 33.6 Å². The lowest BCUT2D eigenvalue weighted by Crippen LogP contribution is -1.95. The van der Waals surface area contributed by atoms with Crippen LogP contribution < -0.4 is 0 Å². The Morgan fingerprint density at radius 1 is 0.350 bits per heavy atom. The van der Waals surface area contributed by atoms with Crippen molar-refractivity contribution < 1.29 is 0 Å². The topological polar surface area (TPSA) is 25.8 Å². The Labute approximate surface area is 237 Å². The van der Waals surface area contributed by atoms with E-state index in [-0.39, 0.29) is 0 Å². The predicted molar refractivity (Wildman–Crippen MR) is 168 cm³/mol. The van der Waals surface area contributed by atoms with Crippen LogP contribution in [0.4, 0.5) is 0 Å². The van der Waals surface area contributed by atoms with Crippen molar-refractivity contribution in [2.45, 2.75) is 27.7 Å². The highest BCUT2D eigenvalue weighted by molar-refractivity contribution is 5.88. The van der Waals surface area contributed by atoms with Crippen LogP contribution in [0.25, 0.3) is 55.9 Å². The quantitative estimate of drug-likeness (QED) is 0.228. The Balaban J connectivity index is 1.55. The van der Waals surface area contributed by atoms with Gasteiger partial charge in [0.2, 0.25) is 0 Å². The lowest BCUT2D eigenvalue weighted by Gasteiger charge is -2.15. The third-order valence-electron chi connectivity index (χ3n) is 7.39. The molecule has 0 saturated heterocycles. The van der Waals surface area contributed by atoms with Crippen molar-refractivity contribution in [2.24, 2.45) is 0 Å². The molecular weight excluding hydrogens is 484 g/mol. The van der Waals surface area contributed by atoms with Gasteiger partial charge in [-0.05, 0) is 73.2 Å². The zero-order valence-electron chi connectivity index (χ0n) is 23.4. The predicted octanol–water partition coefficient (Wildman–Crippen LogP) is 10.0. The van der Waals surface area contributed by atoms with E-state index in [4.69, 9.17) is 9.97 Å². The normalized spacial score (nSPS) is 11.0. The number of aryl methyl sites for hydroxylation is 4. The Kier molecular flexibility index (Phi) is 6.84. The van der Waals surface area contributed by atoms with Crippen LogP contribution in [0.5, 0.6) is 0 Å². The van der Waals surface area contributed by atoms with Crippen molar-refractivity contribution in [1.29, 1.82) is 0 Å². The maximum absolute atomic E-state index is 4.97. The molecule has 0 aliphatic carbocycles. The van der Waals surface area contributed by atoms with E-state index < -0.39 is 0 Å². The monoisotopic (exact) mass is 516 g/mol. The van der Waals surface area contributed by atoms with E-state index in [1.807, 2.05) is 12.4 Å². The number of hydrogen-bond donors (Lipinski definition) is 0. The van der Waals surface area contributed by atoms with E-state index in [0.29, 0.717) is 0 Å². The van der Waals surface area contributed by atoms with Crippen LogP contribution in [0.3, 0.4) is 0 Å². The minimum absolute atomic E-state index is 0.859. The van der Waals surface area contributed by atoms with Crippen molar-refractivity contribution in [3.8, 4) is 55.9 Å². The van der Waals surface area contributed by atoms with Crippen LogP contribution in [-0.2, 0) is 0 Å². The summed E-state index contributed by atoms with van der Waals surface area (Å²) in [7, 11) is 0. The Bertz CT molecular complexity index is 1710. The van der Waals surface area contributed by atoms with Crippen LogP contribution in [0.1, 0.15) is 22.3 Å². The number of hydrogen-bond acceptors (Lipinski definition) is 2. The largest absolute Gasteiger partial charge is 0.254 e. The van der Waals surface area contributed by atoms with Crippen LogP contribution in [0.2, 0.25) is 0 Å². The highest BCUT2D eigenvalue weighted by Gasteiger charge is 2.15. The molecule has 6 rings (SSSR count). The molecule has 0 radical (unpaired) electrons. The number of benzene rings is 4. The molecule has 4 aromatic carbocycles. The van der Waals surface area contributed by atoms with E-state index in [1.54, 1.807) is 0 Å². The number of aromatic nitrogens is 2. The average molecular weight is 517 g/mol. The van der Waals surface area contributed by atoms with Gasteiger partial charge in [0.05, 0.1) is 11.4 Å². The molecule has 40 heavy (non-hydrogen) atoms. The van der Waals surface area contributed by atoms with Crippen LogP contribution >= 0.6 is 0 Å². The molecule has 0 bridgehead atoms. The maximum atomic E-state index is 4.97. The first-order valence-corrected chi connectivity index (χ1v) is 13.7. The Morgan fingerprint density at radius 3 is 0.950 bits per heavy atom. The molecule has 2 nitrogen and oxygen atoms in total. The van der Waals surface area contributed by atoms with Gasteiger partial charge in [-0.15, -0.1) is 0 Å². The first kappa shape index (κ1) is 25.5.